The lowest BCUT2D eigenvalue weighted by molar-refractivity contribution is -0.384. The van der Waals surface area contributed by atoms with Gasteiger partial charge < -0.3 is 14.5 Å². The van der Waals surface area contributed by atoms with Crippen LogP contribution in [0.1, 0.15) is 12.5 Å². The van der Waals surface area contributed by atoms with Gasteiger partial charge in [-0.2, -0.15) is 0 Å². The summed E-state index contributed by atoms with van der Waals surface area (Å²) in [5.41, 5.74) is 1.62. The first-order valence-electron chi connectivity index (χ1n) is 9.26. The topological polar surface area (TPSA) is 75.9 Å². The van der Waals surface area contributed by atoms with Gasteiger partial charge in [-0.1, -0.05) is 24.3 Å². The molecule has 0 bridgehead atoms. The van der Waals surface area contributed by atoms with Crippen LogP contribution >= 0.6 is 0 Å². The Morgan fingerprint density at radius 1 is 1.11 bits per heavy atom. The third-order valence-corrected chi connectivity index (χ3v) is 4.62. The number of para-hydroxylation sites is 2. The summed E-state index contributed by atoms with van der Waals surface area (Å²) in [6, 6.07) is 14.3. The zero-order valence-electron chi connectivity index (χ0n) is 15.8. The first kappa shape index (κ1) is 19.4. The van der Waals surface area contributed by atoms with E-state index in [0.29, 0.717) is 38.5 Å². The molecule has 7 nitrogen and oxygen atoms in total. The van der Waals surface area contributed by atoms with Crippen LogP contribution in [0.15, 0.2) is 54.6 Å². The van der Waals surface area contributed by atoms with Gasteiger partial charge >= 0.3 is 0 Å². The molecule has 0 aliphatic carbocycles. The third-order valence-electron chi connectivity index (χ3n) is 4.62. The van der Waals surface area contributed by atoms with Crippen molar-refractivity contribution in [2.75, 3.05) is 37.7 Å². The maximum absolute atomic E-state index is 12.4. The van der Waals surface area contributed by atoms with Gasteiger partial charge in [0.15, 0.2) is 0 Å². The van der Waals surface area contributed by atoms with Gasteiger partial charge in [-0.15, -0.1) is 0 Å². The zero-order chi connectivity index (χ0) is 19.9. The van der Waals surface area contributed by atoms with E-state index in [9.17, 15) is 14.9 Å². The molecule has 1 aliphatic rings. The number of rotatable bonds is 6. The number of nitro groups is 1. The van der Waals surface area contributed by atoms with Crippen LogP contribution in [-0.4, -0.2) is 48.5 Å². The smallest absolute Gasteiger partial charge is 0.292 e. The minimum atomic E-state index is -0.369. The zero-order valence-corrected chi connectivity index (χ0v) is 15.8. The fourth-order valence-electron chi connectivity index (χ4n) is 3.17. The van der Waals surface area contributed by atoms with Crippen molar-refractivity contribution in [2.24, 2.45) is 0 Å². The quantitative estimate of drug-likeness (QED) is 0.436. The molecule has 0 spiro atoms. The highest BCUT2D eigenvalue weighted by molar-refractivity contribution is 5.92. The molecule has 0 saturated carbocycles. The number of amides is 1. The molecule has 0 aromatic heterocycles. The highest BCUT2D eigenvalue weighted by Gasteiger charge is 2.24. The van der Waals surface area contributed by atoms with Gasteiger partial charge in [-0.05, 0) is 36.8 Å². The molecule has 146 valence electrons. The molecule has 3 rings (SSSR count). The van der Waals surface area contributed by atoms with Crippen molar-refractivity contribution in [3.8, 4) is 5.75 Å². The lowest BCUT2D eigenvalue weighted by atomic mass is 10.2. The van der Waals surface area contributed by atoms with E-state index in [1.807, 2.05) is 36.1 Å². The van der Waals surface area contributed by atoms with Crippen LogP contribution in [-0.2, 0) is 4.79 Å². The van der Waals surface area contributed by atoms with Crippen LogP contribution in [0, 0.1) is 10.1 Å². The Morgan fingerprint density at radius 2 is 1.79 bits per heavy atom. The number of carbonyl (C=O) groups is 1. The van der Waals surface area contributed by atoms with E-state index in [2.05, 4.69) is 0 Å². The Morgan fingerprint density at radius 3 is 2.43 bits per heavy atom. The Bertz CT molecular complexity index is 856. The summed E-state index contributed by atoms with van der Waals surface area (Å²) in [6.07, 6.45) is 3.35. The number of hydrogen-bond donors (Lipinski definition) is 0. The van der Waals surface area contributed by atoms with Crippen molar-refractivity contribution in [3.63, 3.8) is 0 Å². The Balaban J connectivity index is 1.57. The summed E-state index contributed by atoms with van der Waals surface area (Å²) in [4.78, 5) is 27.0. The Kier molecular flexibility index (Phi) is 6.26. The normalized spacial score (nSPS) is 14.3. The molecule has 1 aliphatic heterocycles. The van der Waals surface area contributed by atoms with Gasteiger partial charge in [0, 0.05) is 38.3 Å². The second kappa shape index (κ2) is 9.03. The van der Waals surface area contributed by atoms with Crippen LogP contribution in [0.4, 0.5) is 11.4 Å². The Labute approximate surface area is 164 Å². The second-order valence-corrected chi connectivity index (χ2v) is 6.39. The fraction of sp³-hybridized carbons (Fsp3) is 0.286. The molecule has 0 atom stereocenters. The maximum Gasteiger partial charge on any atom is 0.292 e. The highest BCUT2D eigenvalue weighted by atomic mass is 16.6. The van der Waals surface area contributed by atoms with Crippen molar-refractivity contribution in [1.82, 2.24) is 4.90 Å². The Hall–Kier alpha value is -3.35. The standard InChI is InChI=1S/C21H23N3O4/c1-2-28-18-10-7-17(8-11-18)9-12-21(25)23-15-13-22(14-16-23)19-5-3-4-6-20(19)24(26)27/h3-12H,2,13-16H2,1H3/b12-9+. The van der Waals surface area contributed by atoms with Gasteiger partial charge in [-0.3, -0.25) is 14.9 Å². The largest absolute Gasteiger partial charge is 0.494 e. The summed E-state index contributed by atoms with van der Waals surface area (Å²) < 4.78 is 5.41. The van der Waals surface area contributed by atoms with Crippen LogP contribution in [0.3, 0.4) is 0 Å². The first-order chi connectivity index (χ1) is 13.6. The number of ether oxygens (including phenoxy) is 1. The molecule has 0 unspecified atom stereocenters. The molecule has 28 heavy (non-hydrogen) atoms. The van der Waals surface area contributed by atoms with E-state index in [4.69, 9.17) is 4.74 Å². The molecule has 7 heteroatoms. The number of piperazine rings is 1. The van der Waals surface area contributed by atoms with E-state index >= 15 is 0 Å². The number of hydrogen-bond acceptors (Lipinski definition) is 5. The average molecular weight is 381 g/mol. The van der Waals surface area contributed by atoms with Crippen LogP contribution in [0.2, 0.25) is 0 Å². The second-order valence-electron chi connectivity index (χ2n) is 6.39. The molecule has 1 fully saturated rings. The predicted octanol–water partition coefficient (Wildman–Crippen LogP) is 3.36. The number of carbonyl (C=O) groups excluding carboxylic acids is 1. The van der Waals surface area contributed by atoms with Crippen LogP contribution in [0.25, 0.3) is 6.08 Å². The highest BCUT2D eigenvalue weighted by Crippen LogP contribution is 2.28. The summed E-state index contributed by atoms with van der Waals surface area (Å²) in [7, 11) is 0. The SMILES string of the molecule is CCOc1ccc(/C=C/C(=O)N2CCN(c3ccccc3[N+](=O)[O-])CC2)cc1. The molecule has 1 amide bonds. The lowest BCUT2D eigenvalue weighted by Gasteiger charge is -2.35. The van der Waals surface area contributed by atoms with E-state index < -0.39 is 0 Å². The minimum absolute atomic E-state index is 0.0592. The summed E-state index contributed by atoms with van der Waals surface area (Å²) >= 11 is 0. The van der Waals surface area contributed by atoms with Gasteiger partial charge in [-0.25, -0.2) is 0 Å². The maximum atomic E-state index is 12.4. The summed E-state index contributed by atoms with van der Waals surface area (Å²) in [5.74, 6) is 0.744. The monoisotopic (exact) mass is 381 g/mol. The number of nitro benzene ring substituents is 1. The van der Waals surface area contributed by atoms with E-state index in [1.165, 1.54) is 6.07 Å². The van der Waals surface area contributed by atoms with Crippen molar-refractivity contribution in [3.05, 3.63) is 70.3 Å². The van der Waals surface area contributed by atoms with Gasteiger partial charge in [0.25, 0.3) is 5.69 Å². The predicted molar refractivity (Wildman–Crippen MR) is 109 cm³/mol. The number of nitrogens with zero attached hydrogens (tertiary/aromatic N) is 3. The first-order valence-corrected chi connectivity index (χ1v) is 9.26. The van der Waals surface area contributed by atoms with E-state index in [-0.39, 0.29) is 16.5 Å². The van der Waals surface area contributed by atoms with Crippen molar-refractivity contribution < 1.29 is 14.5 Å². The lowest BCUT2D eigenvalue weighted by Crippen LogP contribution is -2.48. The molecule has 1 heterocycles. The van der Waals surface area contributed by atoms with Gasteiger partial charge in [0.05, 0.1) is 11.5 Å². The average Bonchev–Trinajstić information content (AvgIpc) is 2.73. The third kappa shape index (κ3) is 4.68. The molecule has 2 aromatic rings. The molecule has 2 aromatic carbocycles. The van der Waals surface area contributed by atoms with E-state index in [1.54, 1.807) is 35.3 Å². The van der Waals surface area contributed by atoms with Crippen molar-refractivity contribution in [1.29, 1.82) is 0 Å². The summed E-state index contributed by atoms with van der Waals surface area (Å²) in [5, 5.41) is 11.2. The van der Waals surface area contributed by atoms with Crippen LogP contribution in [0.5, 0.6) is 5.75 Å². The van der Waals surface area contributed by atoms with Crippen molar-refractivity contribution >= 4 is 23.4 Å². The number of anilines is 1. The van der Waals surface area contributed by atoms with Gasteiger partial charge in [0.1, 0.15) is 11.4 Å². The number of benzene rings is 2. The fourth-order valence-corrected chi connectivity index (χ4v) is 3.17. The molecular formula is C21H23N3O4. The van der Waals surface area contributed by atoms with Crippen LogP contribution < -0.4 is 9.64 Å². The van der Waals surface area contributed by atoms with Crippen molar-refractivity contribution in [2.45, 2.75) is 6.92 Å². The molecule has 1 saturated heterocycles. The summed E-state index contributed by atoms with van der Waals surface area (Å²) in [6.45, 7) is 4.73. The minimum Gasteiger partial charge on any atom is -0.494 e. The molecular weight excluding hydrogens is 358 g/mol. The van der Waals surface area contributed by atoms with E-state index in [0.717, 1.165) is 11.3 Å². The molecule has 0 N–H and O–H groups in total. The molecule has 0 radical (unpaired) electrons. The van der Waals surface area contributed by atoms with Gasteiger partial charge in [0.2, 0.25) is 5.91 Å².